The Morgan fingerprint density at radius 1 is 1.75 bits per heavy atom. The number of hydrogen-bond donors (Lipinski definition) is 1. The average molecular weight is 192 g/mol. The van der Waals surface area contributed by atoms with Crippen LogP contribution in [-0.2, 0) is 13.6 Å². The van der Waals surface area contributed by atoms with Crippen LogP contribution in [0.1, 0.15) is 6.42 Å². The minimum atomic E-state index is -3.98. The molecule has 0 saturated carbocycles. The van der Waals surface area contributed by atoms with E-state index in [1.807, 2.05) is 0 Å². The number of carbonyl (C=O) groups is 1. The van der Waals surface area contributed by atoms with Gasteiger partial charge in [-0.1, -0.05) is 0 Å². The molecule has 0 radical (unpaired) electrons. The lowest BCUT2D eigenvalue weighted by Gasteiger charge is -2.09. The van der Waals surface area contributed by atoms with Crippen molar-refractivity contribution in [1.82, 2.24) is 0 Å². The first-order valence-electron chi connectivity index (χ1n) is 3.04. The first-order valence-corrected chi connectivity index (χ1v) is 4.58. The molecule has 0 rings (SSSR count). The van der Waals surface area contributed by atoms with E-state index in [4.69, 9.17) is 11.5 Å². The van der Waals surface area contributed by atoms with Crippen LogP contribution in [0.3, 0.4) is 0 Å². The van der Waals surface area contributed by atoms with E-state index in [1.54, 1.807) is 0 Å². The van der Waals surface area contributed by atoms with Crippen molar-refractivity contribution in [2.24, 2.45) is 0 Å². The lowest BCUT2D eigenvalue weighted by molar-refractivity contribution is 0.189. The third kappa shape index (κ3) is 3.05. The van der Waals surface area contributed by atoms with Crippen molar-refractivity contribution < 1.29 is 23.5 Å². The van der Waals surface area contributed by atoms with Gasteiger partial charge in [0.15, 0.2) is 0 Å². The van der Waals surface area contributed by atoms with Gasteiger partial charge in [0.2, 0.25) is 0 Å². The van der Waals surface area contributed by atoms with Crippen molar-refractivity contribution >= 4 is 13.3 Å². The molecular weight excluding hydrogens is 183 g/mol. The van der Waals surface area contributed by atoms with Crippen molar-refractivity contribution in [1.29, 1.82) is 0 Å². The maximum atomic E-state index is 11.0. The molecule has 1 N–H and O–H groups in total. The van der Waals surface area contributed by atoms with Crippen LogP contribution in [-0.4, -0.2) is 24.5 Å². The molecule has 6 heteroatoms. The van der Waals surface area contributed by atoms with Gasteiger partial charge in [0, 0.05) is 13.5 Å². The van der Waals surface area contributed by atoms with Gasteiger partial charge in [-0.2, -0.15) is 0 Å². The van der Waals surface area contributed by atoms with Crippen LogP contribution >= 0.6 is 7.60 Å². The van der Waals surface area contributed by atoms with Crippen molar-refractivity contribution in [3.8, 4) is 12.3 Å². The minimum absolute atomic E-state index is 0.0894. The van der Waals surface area contributed by atoms with E-state index in [2.05, 4.69) is 15.0 Å². The van der Waals surface area contributed by atoms with Crippen molar-refractivity contribution in [3.05, 3.63) is 0 Å². The average Bonchev–Trinajstić information content (AvgIpc) is 2.04. The highest BCUT2D eigenvalue weighted by Gasteiger charge is 2.33. The molecule has 12 heavy (non-hydrogen) atoms. The van der Waals surface area contributed by atoms with Crippen LogP contribution in [0.5, 0.6) is 0 Å². The first kappa shape index (κ1) is 11.2. The minimum Gasteiger partial charge on any atom is -0.472 e. The quantitative estimate of drug-likeness (QED) is 0.406. The van der Waals surface area contributed by atoms with E-state index in [9.17, 15) is 9.36 Å². The van der Waals surface area contributed by atoms with E-state index in [0.29, 0.717) is 0 Å². The summed E-state index contributed by atoms with van der Waals surface area (Å²) in [5, 5.41) is 8.37. The Balaban J connectivity index is 4.09. The van der Waals surface area contributed by atoms with Crippen LogP contribution in [0.15, 0.2) is 0 Å². The molecule has 0 aromatic carbocycles. The Morgan fingerprint density at radius 2 is 2.33 bits per heavy atom. The number of rotatable bonds is 5. The highest BCUT2D eigenvalue weighted by Crippen LogP contribution is 2.47. The molecule has 68 valence electrons. The van der Waals surface area contributed by atoms with Crippen molar-refractivity contribution in [2.45, 2.75) is 6.42 Å². The lowest BCUT2D eigenvalue weighted by atomic mass is 10.5. The van der Waals surface area contributed by atoms with Gasteiger partial charge < -0.3 is 9.63 Å². The Morgan fingerprint density at radius 3 is 2.67 bits per heavy atom. The predicted octanol–water partition coefficient (Wildman–Crippen LogP) is 1.54. The topological polar surface area (TPSA) is 72.8 Å². The summed E-state index contributed by atoms with van der Waals surface area (Å²) in [5.74, 6) is 2.21. The third-order valence-electron chi connectivity index (χ3n) is 0.982. The molecule has 5 nitrogen and oxygen atoms in total. The van der Waals surface area contributed by atoms with Gasteiger partial charge >= 0.3 is 13.3 Å². The summed E-state index contributed by atoms with van der Waals surface area (Å²) >= 11 is 0. The number of hydrogen-bond acceptors (Lipinski definition) is 4. The van der Waals surface area contributed by atoms with Gasteiger partial charge in [0.05, 0.1) is 6.61 Å². The largest absolute Gasteiger partial charge is 0.472 e. The summed E-state index contributed by atoms with van der Waals surface area (Å²) in [6.45, 7) is -0.0894. The fourth-order valence-corrected chi connectivity index (χ4v) is 1.11. The fourth-order valence-electron chi connectivity index (χ4n) is 0.411. The van der Waals surface area contributed by atoms with Crippen LogP contribution in [0, 0.1) is 12.3 Å². The highest BCUT2D eigenvalue weighted by atomic mass is 31.2. The Hall–Kier alpha value is -0.820. The molecule has 0 aliphatic rings. The maximum Gasteiger partial charge on any atom is 0.437 e. The van der Waals surface area contributed by atoms with Crippen molar-refractivity contribution in [3.63, 3.8) is 0 Å². The maximum absolute atomic E-state index is 11.0. The standard InChI is InChI=1S/C6H9O5P/c1-3-4-5-11-12(9,10-2)6(7)8/h1H,4-5H2,2H3,(H,7,8). The Labute approximate surface area is 70.2 Å². The van der Waals surface area contributed by atoms with Gasteiger partial charge in [-0.3, -0.25) is 4.52 Å². The highest BCUT2D eigenvalue weighted by molar-refractivity contribution is 7.71. The summed E-state index contributed by atoms with van der Waals surface area (Å²) in [6.07, 6.45) is 5.06. The van der Waals surface area contributed by atoms with Crippen molar-refractivity contribution in [2.75, 3.05) is 13.7 Å². The van der Waals surface area contributed by atoms with E-state index < -0.39 is 13.3 Å². The van der Waals surface area contributed by atoms with Crippen LogP contribution in [0.2, 0.25) is 0 Å². The fraction of sp³-hybridized carbons (Fsp3) is 0.500. The second-order valence-electron chi connectivity index (χ2n) is 1.75. The molecule has 0 aliphatic heterocycles. The summed E-state index contributed by atoms with van der Waals surface area (Å²) in [4.78, 5) is 10.3. The second-order valence-corrected chi connectivity index (χ2v) is 3.75. The lowest BCUT2D eigenvalue weighted by Crippen LogP contribution is -2.02. The molecule has 0 heterocycles. The summed E-state index contributed by atoms with van der Waals surface area (Å²) < 4.78 is 19.7. The molecule has 0 aromatic heterocycles. The van der Waals surface area contributed by atoms with Crippen LogP contribution in [0.25, 0.3) is 0 Å². The van der Waals surface area contributed by atoms with E-state index in [1.165, 1.54) is 0 Å². The zero-order valence-electron chi connectivity index (χ0n) is 6.52. The summed E-state index contributed by atoms with van der Waals surface area (Å²) in [5.41, 5.74) is -1.61. The molecular formula is C6H9O5P. The predicted molar refractivity (Wildman–Crippen MR) is 42.0 cm³/mol. The third-order valence-corrected chi connectivity index (χ3v) is 2.45. The molecule has 0 aromatic rings. The summed E-state index contributed by atoms with van der Waals surface area (Å²) in [7, 11) is -2.98. The van der Waals surface area contributed by atoms with E-state index in [0.717, 1.165) is 7.11 Å². The molecule has 0 amide bonds. The van der Waals surface area contributed by atoms with E-state index >= 15 is 0 Å². The van der Waals surface area contributed by atoms with Gasteiger partial charge in [0.1, 0.15) is 0 Å². The molecule has 0 aliphatic carbocycles. The molecule has 0 spiro atoms. The van der Waals surface area contributed by atoms with Gasteiger partial charge in [-0.25, -0.2) is 9.36 Å². The number of terminal acetylenes is 1. The number of carboxylic acid groups (broad SMARTS) is 1. The second kappa shape index (κ2) is 4.94. The SMILES string of the molecule is C#CCCOP(=O)(OC)C(=O)O. The zero-order valence-corrected chi connectivity index (χ0v) is 7.41. The van der Waals surface area contributed by atoms with Crippen LogP contribution < -0.4 is 0 Å². The normalized spacial score (nSPS) is 14.7. The monoisotopic (exact) mass is 192 g/mol. The summed E-state index contributed by atoms with van der Waals surface area (Å²) in [6, 6.07) is 0. The van der Waals surface area contributed by atoms with Gasteiger partial charge in [-0.05, 0) is 0 Å². The Kier molecular flexibility index (Phi) is 4.60. The molecule has 1 unspecified atom stereocenters. The van der Waals surface area contributed by atoms with Gasteiger partial charge in [-0.15, -0.1) is 12.3 Å². The Bertz CT molecular complexity index is 241. The molecule has 0 fully saturated rings. The zero-order chi connectivity index (χ0) is 9.61. The molecule has 0 saturated heterocycles. The molecule has 0 bridgehead atoms. The first-order chi connectivity index (χ1) is 5.56. The molecule has 1 atom stereocenters. The smallest absolute Gasteiger partial charge is 0.437 e. The van der Waals surface area contributed by atoms with Crippen LogP contribution in [0.4, 0.5) is 4.79 Å². The van der Waals surface area contributed by atoms with E-state index in [-0.39, 0.29) is 13.0 Å². The van der Waals surface area contributed by atoms with Gasteiger partial charge in [0.25, 0.3) is 0 Å².